The Bertz CT molecular complexity index is 160. The van der Waals surface area contributed by atoms with Crippen molar-refractivity contribution in [1.82, 2.24) is 4.90 Å². The first kappa shape index (κ1) is 8.89. The first-order valence-corrected chi connectivity index (χ1v) is 5.77. The summed E-state index contributed by atoms with van der Waals surface area (Å²) in [5, 5.41) is 0. The third-order valence-corrected chi connectivity index (χ3v) is 4.00. The van der Waals surface area contributed by atoms with E-state index in [2.05, 4.69) is 24.6 Å². The maximum atomic E-state index is 4.37. The standard InChI is InChI=1S/C10H19NS/c1-11-5-3-2-4-10(11)9-6-8(9)7-12/h8-10,12H,2-7H2,1H3. The van der Waals surface area contributed by atoms with Gasteiger partial charge in [-0.25, -0.2) is 0 Å². The van der Waals surface area contributed by atoms with Crippen LogP contribution in [0.4, 0.5) is 0 Å². The van der Waals surface area contributed by atoms with Gasteiger partial charge < -0.3 is 4.90 Å². The summed E-state index contributed by atoms with van der Waals surface area (Å²) >= 11 is 4.37. The second-order valence-electron chi connectivity index (χ2n) is 4.39. The van der Waals surface area contributed by atoms with Gasteiger partial charge in [0.1, 0.15) is 0 Å². The average Bonchev–Trinajstić information content (AvgIpc) is 2.84. The fourth-order valence-corrected chi connectivity index (χ4v) is 3.01. The number of rotatable bonds is 2. The molecule has 1 aliphatic heterocycles. The summed E-state index contributed by atoms with van der Waals surface area (Å²) in [6.45, 7) is 1.32. The van der Waals surface area contributed by atoms with E-state index in [-0.39, 0.29) is 0 Å². The Morgan fingerprint density at radius 2 is 2.25 bits per heavy atom. The molecule has 0 bridgehead atoms. The van der Waals surface area contributed by atoms with Gasteiger partial charge in [-0.05, 0) is 50.4 Å². The van der Waals surface area contributed by atoms with Crippen LogP contribution in [0.2, 0.25) is 0 Å². The molecule has 0 spiro atoms. The van der Waals surface area contributed by atoms with Crippen LogP contribution in [0.5, 0.6) is 0 Å². The lowest BCUT2D eigenvalue weighted by molar-refractivity contribution is 0.161. The molecular weight excluding hydrogens is 166 g/mol. The van der Waals surface area contributed by atoms with E-state index in [0.29, 0.717) is 0 Å². The third-order valence-electron chi connectivity index (χ3n) is 3.53. The Balaban J connectivity index is 1.86. The molecule has 0 aromatic carbocycles. The zero-order valence-corrected chi connectivity index (χ0v) is 8.76. The molecule has 2 aliphatic rings. The molecule has 1 heterocycles. The molecule has 0 N–H and O–H groups in total. The lowest BCUT2D eigenvalue weighted by atomic mass is 9.98. The van der Waals surface area contributed by atoms with Gasteiger partial charge >= 0.3 is 0 Å². The number of likely N-dealkylation sites (tertiary alicyclic amines) is 1. The van der Waals surface area contributed by atoms with Crippen LogP contribution in [0.15, 0.2) is 0 Å². The van der Waals surface area contributed by atoms with Crippen molar-refractivity contribution < 1.29 is 0 Å². The van der Waals surface area contributed by atoms with Crippen LogP contribution in [0.3, 0.4) is 0 Å². The second kappa shape index (κ2) is 3.59. The number of hydrogen-bond donors (Lipinski definition) is 1. The highest BCUT2D eigenvalue weighted by atomic mass is 32.1. The zero-order chi connectivity index (χ0) is 8.55. The molecule has 1 nitrogen and oxygen atoms in total. The molecule has 70 valence electrons. The largest absolute Gasteiger partial charge is 0.303 e. The van der Waals surface area contributed by atoms with Gasteiger partial charge in [0, 0.05) is 6.04 Å². The van der Waals surface area contributed by atoms with Crippen molar-refractivity contribution in [3.05, 3.63) is 0 Å². The Morgan fingerprint density at radius 3 is 2.83 bits per heavy atom. The molecule has 1 saturated heterocycles. The molecule has 0 aromatic heterocycles. The topological polar surface area (TPSA) is 3.24 Å². The maximum Gasteiger partial charge on any atom is 0.0123 e. The summed E-state index contributed by atoms with van der Waals surface area (Å²) in [5.41, 5.74) is 0. The predicted octanol–water partition coefficient (Wildman–Crippen LogP) is 2.04. The van der Waals surface area contributed by atoms with Crippen molar-refractivity contribution in [3.8, 4) is 0 Å². The lowest BCUT2D eigenvalue weighted by Crippen LogP contribution is -2.38. The normalized spacial score (nSPS) is 43.0. The fourth-order valence-electron chi connectivity index (χ4n) is 2.59. The van der Waals surface area contributed by atoms with E-state index >= 15 is 0 Å². The maximum absolute atomic E-state index is 4.37. The lowest BCUT2D eigenvalue weighted by Gasteiger charge is -2.32. The van der Waals surface area contributed by atoms with Gasteiger partial charge in [0.25, 0.3) is 0 Å². The van der Waals surface area contributed by atoms with Gasteiger partial charge in [0.15, 0.2) is 0 Å². The van der Waals surface area contributed by atoms with E-state index in [1.807, 2.05) is 0 Å². The van der Waals surface area contributed by atoms with Crippen LogP contribution in [-0.2, 0) is 0 Å². The van der Waals surface area contributed by atoms with Crippen LogP contribution >= 0.6 is 12.6 Å². The summed E-state index contributed by atoms with van der Waals surface area (Å²) in [7, 11) is 2.29. The van der Waals surface area contributed by atoms with E-state index in [9.17, 15) is 0 Å². The van der Waals surface area contributed by atoms with Crippen molar-refractivity contribution >= 4 is 12.6 Å². The molecule has 1 saturated carbocycles. The van der Waals surface area contributed by atoms with Gasteiger partial charge in [-0.15, -0.1) is 0 Å². The van der Waals surface area contributed by atoms with Crippen LogP contribution in [0, 0.1) is 11.8 Å². The Kier molecular flexibility index (Phi) is 2.66. The van der Waals surface area contributed by atoms with Gasteiger partial charge in [0.2, 0.25) is 0 Å². The van der Waals surface area contributed by atoms with Gasteiger partial charge in [-0.1, -0.05) is 6.42 Å². The van der Waals surface area contributed by atoms with E-state index in [4.69, 9.17) is 0 Å². The molecule has 0 aromatic rings. The van der Waals surface area contributed by atoms with Crippen LogP contribution in [0.25, 0.3) is 0 Å². The molecule has 3 atom stereocenters. The van der Waals surface area contributed by atoms with Crippen LogP contribution in [-0.4, -0.2) is 30.3 Å². The predicted molar refractivity (Wildman–Crippen MR) is 55.7 cm³/mol. The van der Waals surface area contributed by atoms with Gasteiger partial charge in [-0.3, -0.25) is 0 Å². The summed E-state index contributed by atoms with van der Waals surface area (Å²) in [6, 6.07) is 0.899. The summed E-state index contributed by atoms with van der Waals surface area (Å²) in [6.07, 6.45) is 5.74. The Labute approximate surface area is 80.9 Å². The summed E-state index contributed by atoms with van der Waals surface area (Å²) < 4.78 is 0. The SMILES string of the molecule is CN1CCCCC1C1CC1CS. The monoisotopic (exact) mass is 185 g/mol. The van der Waals surface area contributed by atoms with Crippen molar-refractivity contribution in [2.45, 2.75) is 31.7 Å². The van der Waals surface area contributed by atoms with Gasteiger partial charge in [-0.2, -0.15) is 12.6 Å². The molecule has 0 amide bonds. The van der Waals surface area contributed by atoms with Crippen molar-refractivity contribution in [1.29, 1.82) is 0 Å². The Morgan fingerprint density at radius 1 is 1.42 bits per heavy atom. The number of piperidine rings is 1. The number of thiol groups is 1. The van der Waals surface area contributed by atoms with Crippen LogP contribution < -0.4 is 0 Å². The summed E-state index contributed by atoms with van der Waals surface area (Å²) in [5.74, 6) is 3.04. The number of nitrogens with zero attached hydrogens (tertiary/aromatic N) is 1. The van der Waals surface area contributed by atoms with Gasteiger partial charge in [0.05, 0.1) is 0 Å². The molecular formula is C10H19NS. The zero-order valence-electron chi connectivity index (χ0n) is 7.87. The molecule has 2 heteroatoms. The van der Waals surface area contributed by atoms with Crippen LogP contribution in [0.1, 0.15) is 25.7 Å². The highest BCUT2D eigenvalue weighted by molar-refractivity contribution is 7.80. The van der Waals surface area contributed by atoms with E-state index < -0.39 is 0 Å². The first-order valence-electron chi connectivity index (χ1n) is 5.14. The minimum atomic E-state index is 0.899. The first-order chi connectivity index (χ1) is 5.83. The second-order valence-corrected chi connectivity index (χ2v) is 4.75. The fraction of sp³-hybridized carbons (Fsp3) is 1.00. The van der Waals surface area contributed by atoms with E-state index in [1.165, 1.54) is 32.2 Å². The van der Waals surface area contributed by atoms with Crippen molar-refractivity contribution in [3.63, 3.8) is 0 Å². The smallest absolute Gasteiger partial charge is 0.0123 e. The number of hydrogen-bond acceptors (Lipinski definition) is 2. The average molecular weight is 185 g/mol. The highest BCUT2D eigenvalue weighted by Crippen LogP contribution is 2.45. The minimum Gasteiger partial charge on any atom is -0.303 e. The quantitative estimate of drug-likeness (QED) is 0.644. The molecule has 12 heavy (non-hydrogen) atoms. The van der Waals surface area contributed by atoms with Crippen molar-refractivity contribution in [2.24, 2.45) is 11.8 Å². The molecule has 0 radical (unpaired) electrons. The van der Waals surface area contributed by atoms with E-state index in [1.54, 1.807) is 0 Å². The summed E-state index contributed by atoms with van der Waals surface area (Å²) in [4.78, 5) is 2.57. The molecule has 3 unspecified atom stereocenters. The van der Waals surface area contributed by atoms with Crippen molar-refractivity contribution in [2.75, 3.05) is 19.3 Å². The highest BCUT2D eigenvalue weighted by Gasteiger charge is 2.43. The molecule has 2 rings (SSSR count). The Hall–Kier alpha value is 0.310. The molecule has 2 fully saturated rings. The molecule has 1 aliphatic carbocycles. The van der Waals surface area contributed by atoms with E-state index in [0.717, 1.165) is 23.6 Å². The third kappa shape index (κ3) is 1.64. The minimum absolute atomic E-state index is 0.899.